The minimum Gasteiger partial charge on any atom is -0.394 e. The van der Waals surface area contributed by atoms with Gasteiger partial charge in [0.05, 0.1) is 19.3 Å². The van der Waals surface area contributed by atoms with Crippen molar-refractivity contribution in [3.63, 3.8) is 0 Å². The highest BCUT2D eigenvalue weighted by Crippen LogP contribution is 2.70. The lowest BCUT2D eigenvalue weighted by Gasteiger charge is -2.62. The zero-order valence-corrected chi connectivity index (χ0v) is 28.2. The molecule has 282 valence electrons. The van der Waals surface area contributed by atoms with Gasteiger partial charge in [0.2, 0.25) is 5.79 Å². The van der Waals surface area contributed by atoms with Crippen molar-refractivity contribution in [1.82, 2.24) is 0 Å². The van der Waals surface area contributed by atoms with Crippen LogP contribution in [0.25, 0.3) is 0 Å². The second kappa shape index (κ2) is 13.0. The second-order valence-corrected chi connectivity index (χ2v) is 15.4. The first-order chi connectivity index (χ1) is 23.4. The summed E-state index contributed by atoms with van der Waals surface area (Å²) in [4.78, 5) is 26.3. The van der Waals surface area contributed by atoms with Gasteiger partial charge in [-0.05, 0) is 56.6 Å². The summed E-state index contributed by atoms with van der Waals surface area (Å²) in [6.45, 7) is 1.38. The van der Waals surface area contributed by atoms with Gasteiger partial charge < -0.3 is 64.9 Å². The van der Waals surface area contributed by atoms with Crippen LogP contribution in [0.5, 0.6) is 0 Å². The zero-order chi connectivity index (χ0) is 36.8. The number of hydrogen-bond donors (Lipinski definition) is 9. The van der Waals surface area contributed by atoms with E-state index in [0.29, 0.717) is 12.0 Å². The maximum atomic E-state index is 17.5. The third-order valence-electron chi connectivity index (χ3n) is 13.1. The number of ether oxygens (including phenoxy) is 4. The van der Waals surface area contributed by atoms with Crippen LogP contribution in [0.15, 0.2) is 23.8 Å². The van der Waals surface area contributed by atoms with Crippen LogP contribution in [-0.4, -0.2) is 156 Å². The van der Waals surface area contributed by atoms with E-state index in [4.69, 9.17) is 18.9 Å². The zero-order valence-electron chi connectivity index (χ0n) is 28.2. The number of carbonyl (C=O) groups excluding carboxylic acids is 2. The monoisotopic (exact) mass is 716 g/mol. The molecule has 0 bridgehead atoms. The van der Waals surface area contributed by atoms with E-state index in [1.165, 1.54) is 18.2 Å². The van der Waals surface area contributed by atoms with Gasteiger partial charge in [-0.2, -0.15) is 0 Å². The Labute approximate surface area is 287 Å². The smallest absolute Gasteiger partial charge is 0.222 e. The van der Waals surface area contributed by atoms with Gasteiger partial charge in [0, 0.05) is 16.7 Å². The molecule has 17 atom stereocenters. The quantitative estimate of drug-likeness (QED) is 0.120. The Balaban J connectivity index is 1.21. The number of rotatable bonds is 9. The van der Waals surface area contributed by atoms with E-state index in [0.717, 1.165) is 0 Å². The van der Waals surface area contributed by atoms with Gasteiger partial charge in [0.1, 0.15) is 61.5 Å². The van der Waals surface area contributed by atoms with Crippen molar-refractivity contribution in [2.75, 3.05) is 26.4 Å². The van der Waals surface area contributed by atoms with Crippen LogP contribution in [0, 0.1) is 28.6 Å². The molecule has 2 heterocycles. The summed E-state index contributed by atoms with van der Waals surface area (Å²) in [5.74, 6) is -5.58. The fourth-order valence-corrected chi connectivity index (χ4v) is 10.2. The Hall–Kier alpha value is -1.77. The van der Waals surface area contributed by atoms with Gasteiger partial charge >= 0.3 is 0 Å². The van der Waals surface area contributed by atoms with E-state index < -0.39 is 133 Å². The third kappa shape index (κ3) is 5.10. The van der Waals surface area contributed by atoms with Crippen molar-refractivity contribution in [3.05, 3.63) is 23.8 Å². The number of aliphatic hydroxyl groups excluding tert-OH is 8. The molecule has 0 aromatic heterocycles. The summed E-state index contributed by atoms with van der Waals surface area (Å²) in [6.07, 6.45) is -10.2. The lowest BCUT2D eigenvalue weighted by molar-refractivity contribution is -0.319. The standard InChI is InChI=1S/C34H49FO15/c1-15-8-19-18-5-4-16-9-17(39)6-7-30(16,2)33(18,35)22(40)10-31(19,3)34(15,46)23(41)13-47-32(14-38)28(45)27(21(12-37)50-32)49-29-26(44)25(43)24(42)20(11-36)48-29/h6-7,9,15,18-22,24-29,36-38,40,42-46H,4-5,8,10-14H2,1-3H3/t15-,18+,19+,20-,21-,22+,24+,25+,26-,27-,28+,29+,30+,31+,32?,33+,34+/m1/s1. The minimum atomic E-state index is -2.40. The number of alkyl halides is 1. The van der Waals surface area contributed by atoms with Gasteiger partial charge in [0.15, 0.2) is 23.5 Å². The largest absolute Gasteiger partial charge is 0.394 e. The molecule has 0 aromatic rings. The van der Waals surface area contributed by atoms with Crippen LogP contribution < -0.4 is 0 Å². The van der Waals surface area contributed by atoms with E-state index in [2.05, 4.69) is 0 Å². The molecular weight excluding hydrogens is 667 g/mol. The molecule has 3 saturated carbocycles. The first-order valence-electron chi connectivity index (χ1n) is 17.1. The molecule has 50 heavy (non-hydrogen) atoms. The number of aliphatic hydroxyl groups is 9. The average Bonchev–Trinajstić information content (AvgIpc) is 3.47. The Bertz CT molecular complexity index is 1410. The van der Waals surface area contributed by atoms with Crippen LogP contribution in [0.4, 0.5) is 4.39 Å². The van der Waals surface area contributed by atoms with E-state index in [1.807, 2.05) is 0 Å². The molecular formula is C34H49FO15. The van der Waals surface area contributed by atoms with Gasteiger partial charge in [-0.1, -0.05) is 25.5 Å². The second-order valence-electron chi connectivity index (χ2n) is 15.4. The number of halogens is 1. The normalized spacial score (nSPS) is 53.1. The third-order valence-corrected chi connectivity index (χ3v) is 13.1. The highest BCUT2D eigenvalue weighted by Gasteiger charge is 2.75. The molecule has 15 nitrogen and oxygen atoms in total. The summed E-state index contributed by atoms with van der Waals surface area (Å²) >= 11 is 0. The molecule has 6 rings (SSSR count). The predicted molar refractivity (Wildman–Crippen MR) is 165 cm³/mol. The molecule has 0 amide bonds. The number of allylic oxidation sites excluding steroid dienone is 4. The molecule has 16 heteroatoms. The maximum absolute atomic E-state index is 17.5. The molecule has 0 aromatic carbocycles. The van der Waals surface area contributed by atoms with Gasteiger partial charge in [-0.15, -0.1) is 0 Å². The molecule has 5 fully saturated rings. The summed E-state index contributed by atoms with van der Waals surface area (Å²) in [5, 5.41) is 95.8. The van der Waals surface area contributed by atoms with Crippen molar-refractivity contribution in [2.45, 2.75) is 119 Å². The molecule has 6 aliphatic rings. The molecule has 2 saturated heterocycles. The molecule has 4 aliphatic carbocycles. The average molecular weight is 717 g/mol. The van der Waals surface area contributed by atoms with Crippen molar-refractivity contribution in [3.8, 4) is 0 Å². The van der Waals surface area contributed by atoms with Gasteiger partial charge in [-0.3, -0.25) is 9.59 Å². The fourth-order valence-electron chi connectivity index (χ4n) is 10.2. The van der Waals surface area contributed by atoms with Gasteiger partial charge in [-0.25, -0.2) is 4.39 Å². The molecule has 0 radical (unpaired) electrons. The molecule has 2 aliphatic heterocycles. The van der Waals surface area contributed by atoms with Crippen molar-refractivity contribution in [2.24, 2.45) is 28.6 Å². The fraction of sp³-hybridized carbons (Fsp3) is 0.824. The molecule has 9 N–H and O–H groups in total. The molecule has 0 spiro atoms. The summed E-state index contributed by atoms with van der Waals surface area (Å²) in [6, 6.07) is 0. The predicted octanol–water partition coefficient (Wildman–Crippen LogP) is -2.45. The first-order valence-corrected chi connectivity index (χ1v) is 17.1. The topological polar surface area (TPSA) is 253 Å². The Morgan fingerprint density at radius 3 is 2.34 bits per heavy atom. The van der Waals surface area contributed by atoms with E-state index >= 15 is 4.39 Å². The number of carbonyl (C=O) groups is 2. The summed E-state index contributed by atoms with van der Waals surface area (Å²) < 4.78 is 39.9. The first kappa shape index (κ1) is 38.0. The van der Waals surface area contributed by atoms with E-state index in [-0.39, 0.29) is 25.0 Å². The lowest BCUT2D eigenvalue weighted by atomic mass is 9.44. The van der Waals surface area contributed by atoms with Crippen LogP contribution in [0.3, 0.4) is 0 Å². The lowest BCUT2D eigenvalue weighted by Crippen LogP contribution is -2.69. The number of Topliss-reactive ketones (excluding diaryl/α,β-unsaturated/α-hetero) is 1. The Kier molecular flexibility index (Phi) is 9.85. The van der Waals surface area contributed by atoms with Crippen molar-refractivity contribution < 1.29 is 78.9 Å². The SMILES string of the molecule is C[C@@H]1C[C@H]2[C@@H]3CCC4=CC(=O)C=C[C@]4(C)[C@@]3(F)[C@@H](O)C[C@]2(C)[C@@]1(O)C(=O)COC1(CO)O[C@H](CO)[C@@H](O[C@@H]2O[C@H](CO)[C@H](O)[C@H](O)[C@H]2O)[C@@H]1O. The summed E-state index contributed by atoms with van der Waals surface area (Å²) in [7, 11) is 0. The highest BCUT2D eigenvalue weighted by molar-refractivity contribution is 6.01. The Morgan fingerprint density at radius 2 is 1.70 bits per heavy atom. The molecule has 1 unspecified atom stereocenters. The minimum absolute atomic E-state index is 0.242. The van der Waals surface area contributed by atoms with Crippen LogP contribution in [0.1, 0.15) is 46.5 Å². The summed E-state index contributed by atoms with van der Waals surface area (Å²) in [5.41, 5.74) is -6.33. The highest BCUT2D eigenvalue weighted by atomic mass is 19.1. The van der Waals surface area contributed by atoms with Crippen LogP contribution >= 0.6 is 0 Å². The van der Waals surface area contributed by atoms with E-state index in [1.54, 1.807) is 20.8 Å². The van der Waals surface area contributed by atoms with Crippen molar-refractivity contribution >= 4 is 11.6 Å². The van der Waals surface area contributed by atoms with Crippen molar-refractivity contribution in [1.29, 1.82) is 0 Å². The van der Waals surface area contributed by atoms with Crippen LogP contribution in [-0.2, 0) is 28.5 Å². The maximum Gasteiger partial charge on any atom is 0.222 e. The number of hydrogen-bond acceptors (Lipinski definition) is 15. The Morgan fingerprint density at radius 1 is 1.02 bits per heavy atom. The van der Waals surface area contributed by atoms with Gasteiger partial charge in [0.25, 0.3) is 0 Å². The number of ketones is 2. The van der Waals surface area contributed by atoms with E-state index in [9.17, 15) is 55.5 Å². The van der Waals surface area contributed by atoms with Crippen LogP contribution in [0.2, 0.25) is 0 Å². The number of fused-ring (bicyclic) bond motifs is 5.